The fraction of sp³-hybridized carbons (Fsp3) is 0.261. The number of nitrogens with zero attached hydrogens (tertiary/aromatic N) is 1. The quantitative estimate of drug-likeness (QED) is 0.491. The number of alkyl carbamates (subject to hydrolysis) is 1. The number of carbonyl (C=O) groups excluding carboxylic acids is 5. The van der Waals surface area contributed by atoms with E-state index in [1.807, 2.05) is 0 Å². The lowest BCUT2D eigenvalue weighted by Gasteiger charge is -2.19. The van der Waals surface area contributed by atoms with Crippen LogP contribution in [0.2, 0.25) is 0 Å². The summed E-state index contributed by atoms with van der Waals surface area (Å²) in [5, 5.41) is 7.57. The van der Waals surface area contributed by atoms with Crippen molar-refractivity contribution in [1.29, 1.82) is 0 Å². The van der Waals surface area contributed by atoms with Crippen molar-refractivity contribution in [3.05, 3.63) is 58.1 Å². The molecule has 11 heteroatoms. The van der Waals surface area contributed by atoms with Crippen molar-refractivity contribution >= 4 is 57.0 Å². The van der Waals surface area contributed by atoms with E-state index in [0.717, 1.165) is 4.90 Å². The minimum Gasteiger partial charge on any atom is -0.444 e. The lowest BCUT2D eigenvalue weighted by molar-refractivity contribution is -0.116. The molecule has 0 saturated carbocycles. The van der Waals surface area contributed by atoms with Gasteiger partial charge in [0.05, 0.1) is 11.1 Å². The van der Waals surface area contributed by atoms with Crippen molar-refractivity contribution in [2.24, 2.45) is 0 Å². The van der Waals surface area contributed by atoms with E-state index in [9.17, 15) is 24.0 Å². The summed E-state index contributed by atoms with van der Waals surface area (Å²) in [5.41, 5.74) is 0.682. The van der Waals surface area contributed by atoms with Gasteiger partial charge in [-0.2, -0.15) is 0 Å². The lowest BCUT2D eigenvalue weighted by Crippen LogP contribution is -2.37. The van der Waals surface area contributed by atoms with Crippen molar-refractivity contribution in [3.8, 4) is 0 Å². The van der Waals surface area contributed by atoms with E-state index in [1.165, 1.54) is 6.07 Å². The molecule has 2 aromatic carbocycles. The number of ether oxygens (including phenoxy) is 1. The first-order valence-corrected chi connectivity index (χ1v) is 11.0. The third-order valence-electron chi connectivity index (χ3n) is 4.48. The Morgan fingerprint density at radius 3 is 2.03 bits per heavy atom. The Labute approximate surface area is 204 Å². The van der Waals surface area contributed by atoms with Gasteiger partial charge in [0.25, 0.3) is 11.8 Å². The number of hydrogen-bond donors (Lipinski definition) is 3. The van der Waals surface area contributed by atoms with Gasteiger partial charge in [0.1, 0.15) is 18.7 Å². The van der Waals surface area contributed by atoms with Crippen molar-refractivity contribution in [1.82, 2.24) is 10.2 Å². The highest BCUT2D eigenvalue weighted by Gasteiger charge is 2.36. The maximum atomic E-state index is 12.5. The molecule has 0 atom stereocenters. The molecule has 0 bridgehead atoms. The molecule has 5 amide bonds. The number of carbonyl (C=O) groups is 5. The van der Waals surface area contributed by atoms with Gasteiger partial charge in [-0.25, -0.2) is 4.79 Å². The van der Waals surface area contributed by atoms with E-state index in [0.29, 0.717) is 15.8 Å². The van der Waals surface area contributed by atoms with Gasteiger partial charge in [-0.1, -0.05) is 15.9 Å². The number of rotatable bonds is 6. The van der Waals surface area contributed by atoms with Gasteiger partial charge in [0.15, 0.2) is 0 Å². The molecule has 0 aliphatic carbocycles. The normalized spacial score (nSPS) is 12.8. The molecule has 1 heterocycles. The van der Waals surface area contributed by atoms with Gasteiger partial charge in [-0.05, 0) is 63.2 Å². The van der Waals surface area contributed by atoms with Gasteiger partial charge in [-0.15, -0.1) is 0 Å². The van der Waals surface area contributed by atoms with Crippen molar-refractivity contribution in [2.45, 2.75) is 26.4 Å². The molecule has 0 spiro atoms. The number of fused-ring (bicyclic) bond motifs is 1. The zero-order valence-corrected chi connectivity index (χ0v) is 20.3. The topological polar surface area (TPSA) is 134 Å². The molecule has 1 aliphatic rings. The fourth-order valence-electron chi connectivity index (χ4n) is 3.06. The van der Waals surface area contributed by atoms with E-state index in [4.69, 9.17) is 4.74 Å². The SMILES string of the molecule is CC(C)(C)OC(=O)NCC(=O)Nc1ccc(NC(=O)CN2C(=O)c3ccc(Br)cc3C2=O)cc1. The Hall–Kier alpha value is -3.73. The Kier molecular flexibility index (Phi) is 7.35. The summed E-state index contributed by atoms with van der Waals surface area (Å²) >= 11 is 3.26. The summed E-state index contributed by atoms with van der Waals surface area (Å²) in [5.74, 6) is -2.07. The lowest BCUT2D eigenvalue weighted by atomic mass is 10.1. The number of anilines is 2. The molecule has 178 valence electrons. The predicted octanol–water partition coefficient (Wildman–Crippen LogP) is 3.15. The molecule has 0 radical (unpaired) electrons. The van der Waals surface area contributed by atoms with Crippen LogP contribution in [0.3, 0.4) is 0 Å². The second-order valence-corrected chi connectivity index (χ2v) is 9.33. The first-order chi connectivity index (χ1) is 15.9. The van der Waals surface area contributed by atoms with Crippen LogP contribution in [-0.4, -0.2) is 53.3 Å². The van der Waals surface area contributed by atoms with Gasteiger partial charge in [-0.3, -0.25) is 24.1 Å². The molecule has 0 fully saturated rings. The Balaban J connectivity index is 1.49. The molecule has 0 unspecified atom stereocenters. The van der Waals surface area contributed by atoms with E-state index >= 15 is 0 Å². The molecule has 0 aromatic heterocycles. The third kappa shape index (κ3) is 6.41. The van der Waals surface area contributed by atoms with Crippen LogP contribution in [0.25, 0.3) is 0 Å². The van der Waals surface area contributed by atoms with Crippen molar-refractivity contribution < 1.29 is 28.7 Å². The number of hydrogen-bond acceptors (Lipinski definition) is 6. The van der Waals surface area contributed by atoms with Crippen LogP contribution < -0.4 is 16.0 Å². The Bertz CT molecular complexity index is 1160. The standard InChI is InChI=1S/C23H23BrN4O6/c1-23(2,3)34-22(33)25-11-18(29)26-14-5-7-15(8-6-14)27-19(30)12-28-20(31)16-9-4-13(24)10-17(16)21(28)32/h4-10H,11-12H2,1-3H3,(H,25,33)(H,26,29)(H,27,30). The van der Waals surface area contributed by atoms with E-state index < -0.39 is 41.9 Å². The zero-order chi connectivity index (χ0) is 25.0. The monoisotopic (exact) mass is 530 g/mol. The summed E-state index contributed by atoms with van der Waals surface area (Å²) in [6.45, 7) is 4.44. The smallest absolute Gasteiger partial charge is 0.408 e. The largest absolute Gasteiger partial charge is 0.444 e. The van der Waals surface area contributed by atoms with Crippen LogP contribution in [-0.2, 0) is 14.3 Å². The van der Waals surface area contributed by atoms with Crippen LogP contribution in [0.1, 0.15) is 41.5 Å². The van der Waals surface area contributed by atoms with Crippen molar-refractivity contribution in [3.63, 3.8) is 0 Å². The van der Waals surface area contributed by atoms with Gasteiger partial charge in [0, 0.05) is 15.8 Å². The van der Waals surface area contributed by atoms with E-state index in [-0.39, 0.29) is 17.7 Å². The minimum atomic E-state index is -0.702. The van der Waals surface area contributed by atoms with Crippen LogP contribution in [0, 0.1) is 0 Å². The second-order valence-electron chi connectivity index (χ2n) is 8.42. The van der Waals surface area contributed by atoms with Gasteiger partial charge < -0.3 is 20.7 Å². The average molecular weight is 531 g/mol. The molecule has 0 saturated heterocycles. The second kappa shape index (κ2) is 10.0. The first-order valence-electron chi connectivity index (χ1n) is 10.3. The van der Waals surface area contributed by atoms with Gasteiger partial charge >= 0.3 is 6.09 Å². The first kappa shape index (κ1) is 24.9. The highest BCUT2D eigenvalue weighted by Crippen LogP contribution is 2.26. The highest BCUT2D eigenvalue weighted by atomic mass is 79.9. The molecular formula is C23H23BrN4O6. The fourth-order valence-corrected chi connectivity index (χ4v) is 3.42. The van der Waals surface area contributed by atoms with Crippen LogP contribution in [0.15, 0.2) is 46.9 Å². The Morgan fingerprint density at radius 1 is 0.882 bits per heavy atom. The average Bonchev–Trinajstić information content (AvgIpc) is 2.97. The minimum absolute atomic E-state index is 0.244. The molecule has 34 heavy (non-hydrogen) atoms. The van der Waals surface area contributed by atoms with Crippen LogP contribution >= 0.6 is 15.9 Å². The number of benzene rings is 2. The molecule has 1 aliphatic heterocycles. The van der Waals surface area contributed by atoms with Crippen LogP contribution in [0.5, 0.6) is 0 Å². The zero-order valence-electron chi connectivity index (χ0n) is 18.7. The molecule has 3 N–H and O–H groups in total. The highest BCUT2D eigenvalue weighted by molar-refractivity contribution is 9.10. The molecule has 10 nitrogen and oxygen atoms in total. The molecule has 2 aromatic rings. The maximum Gasteiger partial charge on any atom is 0.408 e. The number of amides is 5. The van der Waals surface area contributed by atoms with Crippen LogP contribution in [0.4, 0.5) is 16.2 Å². The summed E-state index contributed by atoms with van der Waals surface area (Å²) in [7, 11) is 0. The van der Waals surface area contributed by atoms with Crippen molar-refractivity contribution in [2.75, 3.05) is 23.7 Å². The Morgan fingerprint density at radius 2 is 1.44 bits per heavy atom. The molecule has 3 rings (SSSR count). The summed E-state index contributed by atoms with van der Waals surface area (Å²) in [4.78, 5) is 61.8. The third-order valence-corrected chi connectivity index (χ3v) is 4.97. The number of imide groups is 1. The summed E-state index contributed by atoms with van der Waals surface area (Å²) in [6, 6.07) is 10.9. The summed E-state index contributed by atoms with van der Waals surface area (Å²) < 4.78 is 5.72. The number of halogens is 1. The maximum absolute atomic E-state index is 12.5. The van der Waals surface area contributed by atoms with Gasteiger partial charge in [0.2, 0.25) is 11.8 Å². The number of nitrogens with one attached hydrogen (secondary N) is 3. The molecular weight excluding hydrogens is 508 g/mol. The summed E-state index contributed by atoms with van der Waals surface area (Å²) in [6.07, 6.45) is -0.702. The predicted molar refractivity (Wildman–Crippen MR) is 127 cm³/mol. The van der Waals surface area contributed by atoms with E-state index in [1.54, 1.807) is 57.2 Å². The van der Waals surface area contributed by atoms with E-state index in [2.05, 4.69) is 31.9 Å².